The summed E-state index contributed by atoms with van der Waals surface area (Å²) in [6.07, 6.45) is 0.790. The molecule has 3 N–H and O–H groups in total. The van der Waals surface area contributed by atoms with Crippen LogP contribution in [-0.4, -0.2) is 38.4 Å². The lowest BCUT2D eigenvalue weighted by Crippen LogP contribution is -2.31. The summed E-state index contributed by atoms with van der Waals surface area (Å²) in [6.45, 7) is 3.00. The van der Waals surface area contributed by atoms with Gasteiger partial charge < -0.3 is 10.6 Å². The average molecular weight is 359 g/mol. The molecule has 1 saturated heterocycles. The van der Waals surface area contributed by atoms with Gasteiger partial charge in [-0.3, -0.25) is 9.52 Å². The first kappa shape index (κ1) is 17.4. The number of rotatable bonds is 4. The van der Waals surface area contributed by atoms with E-state index in [1.807, 2.05) is 19.1 Å². The molecule has 1 amide bonds. The van der Waals surface area contributed by atoms with Crippen molar-refractivity contribution in [3.63, 3.8) is 0 Å². The lowest BCUT2D eigenvalue weighted by Gasteiger charge is -2.16. The van der Waals surface area contributed by atoms with Gasteiger partial charge >= 0.3 is 0 Å². The summed E-state index contributed by atoms with van der Waals surface area (Å²) in [6, 6.07) is 13.2. The minimum Gasteiger partial charge on any atom is -0.337 e. The second-order valence-corrected chi connectivity index (χ2v) is 7.93. The number of carbonyl (C=O) groups excluding carboxylic acids is 1. The van der Waals surface area contributed by atoms with Crippen LogP contribution in [0.1, 0.15) is 22.3 Å². The molecule has 1 fully saturated rings. The zero-order chi connectivity index (χ0) is 18.0. The number of nitrogens with one attached hydrogen (secondary N) is 1. The Balaban J connectivity index is 1.77. The minimum atomic E-state index is -3.70. The fourth-order valence-corrected chi connectivity index (χ4v) is 3.95. The molecule has 7 heteroatoms. The maximum absolute atomic E-state index is 12.5. The van der Waals surface area contributed by atoms with Crippen LogP contribution in [0.5, 0.6) is 0 Å². The highest BCUT2D eigenvalue weighted by atomic mass is 32.2. The second-order valence-electron chi connectivity index (χ2n) is 6.24. The molecule has 0 aliphatic carbocycles. The standard InChI is InChI=1S/C18H21N3O3S/c1-13-4-2-3-5-17(13)20-25(23,24)16-8-6-14(7-9-16)18(22)21-11-10-15(19)12-21/h2-9,15,20H,10-12,19H2,1H3/t15-/m1/s1. The summed E-state index contributed by atoms with van der Waals surface area (Å²) in [5.41, 5.74) is 7.66. The number of benzene rings is 2. The van der Waals surface area contributed by atoms with Gasteiger partial charge in [0.15, 0.2) is 0 Å². The lowest BCUT2D eigenvalue weighted by atomic mass is 10.2. The summed E-state index contributed by atoms with van der Waals surface area (Å²) in [5.74, 6) is -0.122. The van der Waals surface area contributed by atoms with Gasteiger partial charge in [0.2, 0.25) is 0 Å². The maximum Gasteiger partial charge on any atom is 0.261 e. The van der Waals surface area contributed by atoms with Gasteiger partial charge in [-0.2, -0.15) is 0 Å². The number of hydrogen-bond donors (Lipinski definition) is 2. The molecule has 3 rings (SSSR count). The normalized spacial score (nSPS) is 17.5. The van der Waals surface area contributed by atoms with Crippen molar-refractivity contribution in [3.8, 4) is 0 Å². The molecule has 0 spiro atoms. The van der Waals surface area contributed by atoms with E-state index >= 15 is 0 Å². The number of sulfonamides is 1. The average Bonchev–Trinajstić information content (AvgIpc) is 3.03. The molecular weight excluding hydrogens is 338 g/mol. The SMILES string of the molecule is Cc1ccccc1NS(=O)(=O)c1ccc(C(=O)N2CC[C@@H](N)C2)cc1. The van der Waals surface area contributed by atoms with Gasteiger partial charge in [0.1, 0.15) is 0 Å². The molecule has 25 heavy (non-hydrogen) atoms. The predicted molar refractivity (Wildman–Crippen MR) is 96.9 cm³/mol. The van der Waals surface area contributed by atoms with Crippen molar-refractivity contribution in [2.24, 2.45) is 5.73 Å². The Morgan fingerprint density at radius 3 is 2.44 bits per heavy atom. The highest BCUT2D eigenvalue weighted by Gasteiger charge is 2.25. The van der Waals surface area contributed by atoms with Gasteiger partial charge in [-0.05, 0) is 49.2 Å². The smallest absolute Gasteiger partial charge is 0.261 e. The Morgan fingerprint density at radius 2 is 1.84 bits per heavy atom. The number of para-hydroxylation sites is 1. The van der Waals surface area contributed by atoms with Crippen molar-refractivity contribution >= 4 is 21.6 Å². The molecule has 0 unspecified atom stereocenters. The van der Waals surface area contributed by atoms with E-state index in [2.05, 4.69) is 4.72 Å². The number of hydrogen-bond acceptors (Lipinski definition) is 4. The van der Waals surface area contributed by atoms with E-state index in [9.17, 15) is 13.2 Å². The van der Waals surface area contributed by atoms with E-state index in [0.29, 0.717) is 24.3 Å². The molecular formula is C18H21N3O3S. The van der Waals surface area contributed by atoms with Crippen LogP contribution in [0, 0.1) is 6.92 Å². The molecule has 1 aliphatic rings. The number of likely N-dealkylation sites (tertiary alicyclic amines) is 1. The van der Waals surface area contributed by atoms with Crippen LogP contribution in [-0.2, 0) is 10.0 Å². The molecule has 0 radical (unpaired) electrons. The first-order valence-corrected chi connectivity index (χ1v) is 9.58. The second kappa shape index (κ2) is 6.85. The lowest BCUT2D eigenvalue weighted by molar-refractivity contribution is 0.0791. The van der Waals surface area contributed by atoms with Crippen molar-refractivity contribution in [3.05, 3.63) is 59.7 Å². The van der Waals surface area contributed by atoms with Crippen LogP contribution in [0.4, 0.5) is 5.69 Å². The fourth-order valence-electron chi connectivity index (χ4n) is 2.82. The summed E-state index contributed by atoms with van der Waals surface area (Å²) < 4.78 is 27.6. The predicted octanol–water partition coefficient (Wildman–Crippen LogP) is 1.97. The molecule has 2 aromatic carbocycles. The summed E-state index contributed by atoms with van der Waals surface area (Å²) in [4.78, 5) is 14.2. The third-order valence-electron chi connectivity index (χ3n) is 4.31. The van der Waals surface area contributed by atoms with Crippen molar-refractivity contribution in [1.82, 2.24) is 4.90 Å². The van der Waals surface area contributed by atoms with Gasteiger partial charge in [0.05, 0.1) is 10.6 Å². The third kappa shape index (κ3) is 3.83. The molecule has 0 saturated carbocycles. The number of amides is 1. The Kier molecular flexibility index (Phi) is 4.78. The maximum atomic E-state index is 12.5. The van der Waals surface area contributed by atoms with Crippen LogP contribution in [0.3, 0.4) is 0 Å². The zero-order valence-electron chi connectivity index (χ0n) is 14.0. The first-order chi connectivity index (χ1) is 11.9. The zero-order valence-corrected chi connectivity index (χ0v) is 14.8. The molecule has 2 aromatic rings. The van der Waals surface area contributed by atoms with Gasteiger partial charge in [-0.1, -0.05) is 18.2 Å². The largest absolute Gasteiger partial charge is 0.337 e. The monoisotopic (exact) mass is 359 g/mol. The van der Waals surface area contributed by atoms with Gasteiger partial charge in [-0.25, -0.2) is 8.42 Å². The third-order valence-corrected chi connectivity index (χ3v) is 5.69. The molecule has 1 aliphatic heterocycles. The number of nitrogens with two attached hydrogens (primary N) is 1. The van der Waals surface area contributed by atoms with Crippen LogP contribution >= 0.6 is 0 Å². The van der Waals surface area contributed by atoms with Crippen LogP contribution in [0.2, 0.25) is 0 Å². The Labute approximate surface area is 147 Å². The van der Waals surface area contributed by atoms with Crippen molar-refractivity contribution in [1.29, 1.82) is 0 Å². The molecule has 1 atom stereocenters. The van der Waals surface area contributed by atoms with Crippen LogP contribution in [0.15, 0.2) is 53.4 Å². The van der Waals surface area contributed by atoms with E-state index in [4.69, 9.17) is 5.73 Å². The number of nitrogens with zero attached hydrogens (tertiary/aromatic N) is 1. The van der Waals surface area contributed by atoms with E-state index in [0.717, 1.165) is 12.0 Å². The molecule has 1 heterocycles. The molecule has 0 aromatic heterocycles. The first-order valence-electron chi connectivity index (χ1n) is 8.10. The molecule has 132 valence electrons. The highest BCUT2D eigenvalue weighted by Crippen LogP contribution is 2.20. The van der Waals surface area contributed by atoms with Gasteiger partial charge in [0, 0.05) is 24.7 Å². The van der Waals surface area contributed by atoms with E-state index < -0.39 is 10.0 Å². The van der Waals surface area contributed by atoms with Crippen LogP contribution in [0.25, 0.3) is 0 Å². The topological polar surface area (TPSA) is 92.5 Å². The molecule has 6 nitrogen and oxygen atoms in total. The van der Waals surface area contributed by atoms with Crippen molar-refractivity contribution in [2.75, 3.05) is 17.8 Å². The Bertz CT molecular complexity index is 879. The summed E-state index contributed by atoms with van der Waals surface area (Å²) >= 11 is 0. The van der Waals surface area contributed by atoms with Crippen LogP contribution < -0.4 is 10.5 Å². The van der Waals surface area contributed by atoms with E-state index in [-0.39, 0.29) is 16.8 Å². The number of carbonyl (C=O) groups is 1. The number of aryl methyl sites for hydroxylation is 1. The minimum absolute atomic E-state index is 0.0157. The van der Waals surface area contributed by atoms with E-state index in [1.54, 1.807) is 29.2 Å². The van der Waals surface area contributed by atoms with Gasteiger partial charge in [0.25, 0.3) is 15.9 Å². The quantitative estimate of drug-likeness (QED) is 0.873. The Morgan fingerprint density at radius 1 is 1.16 bits per heavy atom. The van der Waals surface area contributed by atoms with Gasteiger partial charge in [-0.15, -0.1) is 0 Å². The van der Waals surface area contributed by atoms with E-state index in [1.165, 1.54) is 12.1 Å². The highest BCUT2D eigenvalue weighted by molar-refractivity contribution is 7.92. The summed E-state index contributed by atoms with van der Waals surface area (Å²) in [7, 11) is -3.70. The molecule has 0 bridgehead atoms. The fraction of sp³-hybridized carbons (Fsp3) is 0.278. The summed E-state index contributed by atoms with van der Waals surface area (Å²) in [5, 5.41) is 0. The number of anilines is 1. The Hall–Kier alpha value is -2.38. The van der Waals surface area contributed by atoms with Crippen molar-refractivity contribution in [2.45, 2.75) is 24.3 Å². The van der Waals surface area contributed by atoms with Crippen molar-refractivity contribution < 1.29 is 13.2 Å².